The highest BCUT2D eigenvalue weighted by Crippen LogP contribution is 2.27. The molecule has 1 aliphatic rings. The largest absolute Gasteiger partial charge is 0.309 e. The molecule has 1 N–H and O–H groups in total. The van der Waals surface area contributed by atoms with Crippen LogP contribution < -0.4 is 5.32 Å². The van der Waals surface area contributed by atoms with E-state index in [0.717, 1.165) is 25.4 Å². The normalized spacial score (nSPS) is 22.6. The third-order valence-corrected chi connectivity index (χ3v) is 4.70. The first kappa shape index (κ1) is 15.6. The Morgan fingerprint density at radius 2 is 2.15 bits per heavy atom. The van der Waals surface area contributed by atoms with Crippen LogP contribution in [0.3, 0.4) is 0 Å². The van der Waals surface area contributed by atoms with Crippen molar-refractivity contribution in [2.75, 3.05) is 31.1 Å². The number of nitrogens with zero attached hydrogens (tertiary/aromatic N) is 1. The minimum Gasteiger partial charge on any atom is -0.309 e. The first-order chi connectivity index (χ1) is 9.62. The van der Waals surface area contributed by atoms with E-state index in [4.69, 9.17) is 0 Å². The Morgan fingerprint density at radius 1 is 1.40 bits per heavy atom. The van der Waals surface area contributed by atoms with E-state index in [1.54, 1.807) is 0 Å². The van der Waals surface area contributed by atoms with Crippen molar-refractivity contribution in [1.29, 1.82) is 0 Å². The predicted octanol–water partition coefficient (Wildman–Crippen LogP) is 3.33. The first-order valence-corrected chi connectivity index (χ1v) is 8.50. The van der Waals surface area contributed by atoms with Gasteiger partial charge in [-0.25, -0.2) is 0 Å². The summed E-state index contributed by atoms with van der Waals surface area (Å²) in [5.41, 5.74) is 1.62. The van der Waals surface area contributed by atoms with E-state index >= 15 is 0 Å². The van der Waals surface area contributed by atoms with Gasteiger partial charge in [0.2, 0.25) is 0 Å². The van der Waals surface area contributed by atoms with E-state index in [1.165, 1.54) is 11.3 Å². The molecule has 0 aliphatic carbocycles. The van der Waals surface area contributed by atoms with Gasteiger partial charge in [-0.15, -0.1) is 6.58 Å². The van der Waals surface area contributed by atoms with Crippen molar-refractivity contribution in [3.05, 3.63) is 48.6 Å². The van der Waals surface area contributed by atoms with Crippen LogP contribution in [0.1, 0.15) is 25.5 Å². The smallest absolute Gasteiger partial charge is 0.0473 e. The standard InChI is InChI=1S/C17H26N2S/c1-4-11-20-12-10-19-14-17(2,3)18-13-16(19)15-8-6-5-7-9-15/h4-9,16,18H,1,10-14H2,2-3H3. The van der Waals surface area contributed by atoms with Gasteiger partial charge >= 0.3 is 0 Å². The number of thioether (sulfide) groups is 1. The summed E-state index contributed by atoms with van der Waals surface area (Å²) in [5.74, 6) is 2.22. The van der Waals surface area contributed by atoms with Crippen LogP contribution in [0, 0.1) is 0 Å². The molecule has 1 heterocycles. The second-order valence-corrected chi connectivity index (χ2v) is 7.18. The van der Waals surface area contributed by atoms with E-state index in [1.807, 2.05) is 17.8 Å². The molecule has 1 aliphatic heterocycles. The summed E-state index contributed by atoms with van der Waals surface area (Å²) in [6, 6.07) is 11.4. The summed E-state index contributed by atoms with van der Waals surface area (Å²) >= 11 is 1.96. The van der Waals surface area contributed by atoms with Crippen LogP contribution in [-0.4, -0.2) is 41.6 Å². The summed E-state index contributed by atoms with van der Waals surface area (Å²) < 4.78 is 0. The third-order valence-electron chi connectivity index (χ3n) is 3.76. The van der Waals surface area contributed by atoms with Gasteiger partial charge in [-0.2, -0.15) is 11.8 Å². The Bertz CT molecular complexity index is 416. The molecule has 110 valence electrons. The van der Waals surface area contributed by atoms with E-state index < -0.39 is 0 Å². The molecule has 1 aromatic carbocycles. The molecule has 1 atom stereocenters. The number of nitrogens with one attached hydrogen (secondary N) is 1. The topological polar surface area (TPSA) is 15.3 Å². The van der Waals surface area contributed by atoms with Crippen molar-refractivity contribution >= 4 is 11.8 Å². The van der Waals surface area contributed by atoms with Crippen molar-refractivity contribution in [1.82, 2.24) is 10.2 Å². The van der Waals surface area contributed by atoms with Gasteiger partial charge in [-0.05, 0) is 19.4 Å². The average molecular weight is 290 g/mol. The summed E-state index contributed by atoms with van der Waals surface area (Å²) in [6.07, 6.45) is 1.99. The van der Waals surface area contributed by atoms with Gasteiger partial charge in [0.05, 0.1) is 0 Å². The van der Waals surface area contributed by atoms with E-state index in [9.17, 15) is 0 Å². The quantitative estimate of drug-likeness (QED) is 0.639. The summed E-state index contributed by atoms with van der Waals surface area (Å²) in [7, 11) is 0. The van der Waals surface area contributed by atoms with Crippen LogP contribution >= 0.6 is 11.8 Å². The average Bonchev–Trinajstić information content (AvgIpc) is 2.44. The Kier molecular flexibility index (Phi) is 5.70. The van der Waals surface area contributed by atoms with E-state index in [0.29, 0.717) is 6.04 Å². The van der Waals surface area contributed by atoms with Crippen molar-refractivity contribution < 1.29 is 0 Å². The van der Waals surface area contributed by atoms with Gasteiger partial charge in [0, 0.05) is 42.7 Å². The lowest BCUT2D eigenvalue weighted by Gasteiger charge is -2.45. The van der Waals surface area contributed by atoms with Crippen molar-refractivity contribution in [2.45, 2.75) is 25.4 Å². The fraction of sp³-hybridized carbons (Fsp3) is 0.529. The Morgan fingerprint density at radius 3 is 2.85 bits per heavy atom. The van der Waals surface area contributed by atoms with Gasteiger partial charge < -0.3 is 5.32 Å². The van der Waals surface area contributed by atoms with Crippen molar-refractivity contribution in [3.63, 3.8) is 0 Å². The van der Waals surface area contributed by atoms with Crippen molar-refractivity contribution in [3.8, 4) is 0 Å². The maximum absolute atomic E-state index is 3.79. The highest BCUT2D eigenvalue weighted by Gasteiger charge is 2.32. The lowest BCUT2D eigenvalue weighted by atomic mass is 9.95. The van der Waals surface area contributed by atoms with Gasteiger partial charge in [-0.1, -0.05) is 36.4 Å². The highest BCUT2D eigenvalue weighted by molar-refractivity contribution is 7.99. The third kappa shape index (κ3) is 4.37. The fourth-order valence-electron chi connectivity index (χ4n) is 2.76. The summed E-state index contributed by atoms with van der Waals surface area (Å²) in [5, 5.41) is 3.67. The monoisotopic (exact) mass is 290 g/mol. The lowest BCUT2D eigenvalue weighted by Crippen LogP contribution is -2.58. The van der Waals surface area contributed by atoms with Crippen LogP contribution in [-0.2, 0) is 0 Å². The molecule has 1 unspecified atom stereocenters. The van der Waals surface area contributed by atoms with Gasteiger partial charge in [0.15, 0.2) is 0 Å². The second-order valence-electron chi connectivity index (χ2n) is 6.03. The zero-order chi connectivity index (χ0) is 14.4. The molecule has 1 aromatic rings. The Hall–Kier alpha value is -0.770. The molecule has 2 rings (SSSR count). The molecule has 2 nitrogen and oxygen atoms in total. The summed E-state index contributed by atoms with van der Waals surface area (Å²) in [4.78, 5) is 2.63. The van der Waals surface area contributed by atoms with Gasteiger partial charge in [0.1, 0.15) is 0 Å². The number of rotatable bonds is 6. The Balaban J connectivity index is 2.02. The fourth-order valence-corrected chi connectivity index (χ4v) is 3.46. The highest BCUT2D eigenvalue weighted by atomic mass is 32.2. The molecule has 0 bridgehead atoms. The second kappa shape index (κ2) is 7.30. The minimum atomic E-state index is 0.203. The molecule has 0 aromatic heterocycles. The molecule has 0 saturated carbocycles. The molecule has 1 fully saturated rings. The SMILES string of the molecule is C=CCSCCN1CC(C)(C)NCC1c1ccccc1. The van der Waals surface area contributed by atoms with Crippen LogP contribution in [0.25, 0.3) is 0 Å². The predicted molar refractivity (Wildman–Crippen MR) is 90.4 cm³/mol. The molecule has 0 spiro atoms. The minimum absolute atomic E-state index is 0.203. The Labute approximate surface area is 127 Å². The molecule has 1 saturated heterocycles. The van der Waals surface area contributed by atoms with Gasteiger partial charge in [0.25, 0.3) is 0 Å². The molecule has 3 heteroatoms. The number of hydrogen-bond acceptors (Lipinski definition) is 3. The molecular weight excluding hydrogens is 264 g/mol. The maximum Gasteiger partial charge on any atom is 0.0473 e. The van der Waals surface area contributed by atoms with E-state index in [-0.39, 0.29) is 5.54 Å². The lowest BCUT2D eigenvalue weighted by molar-refractivity contribution is 0.102. The molecule has 0 amide bonds. The zero-order valence-corrected chi connectivity index (χ0v) is 13.5. The maximum atomic E-state index is 3.79. The van der Waals surface area contributed by atoms with Gasteiger partial charge in [-0.3, -0.25) is 4.90 Å². The summed E-state index contributed by atoms with van der Waals surface area (Å²) in [6.45, 7) is 11.6. The van der Waals surface area contributed by atoms with Crippen LogP contribution in [0.15, 0.2) is 43.0 Å². The zero-order valence-electron chi connectivity index (χ0n) is 12.6. The molecule has 0 radical (unpaired) electrons. The number of hydrogen-bond donors (Lipinski definition) is 1. The van der Waals surface area contributed by atoms with Crippen molar-refractivity contribution in [2.24, 2.45) is 0 Å². The number of benzene rings is 1. The van der Waals surface area contributed by atoms with Crippen LogP contribution in [0.5, 0.6) is 0 Å². The molecule has 20 heavy (non-hydrogen) atoms. The molecular formula is C17H26N2S. The van der Waals surface area contributed by atoms with Crippen LogP contribution in [0.2, 0.25) is 0 Å². The first-order valence-electron chi connectivity index (χ1n) is 7.35. The van der Waals surface area contributed by atoms with Crippen LogP contribution in [0.4, 0.5) is 0 Å². The van der Waals surface area contributed by atoms with E-state index in [2.05, 4.69) is 61.0 Å². The number of piperazine rings is 1.